The molecule has 0 heterocycles. The molecule has 1 fully saturated rings. The lowest BCUT2D eigenvalue weighted by Crippen LogP contribution is -2.20. The number of allylic oxidation sites excluding steroid dienone is 2. The lowest BCUT2D eigenvalue weighted by atomic mass is 10.1. The molecule has 1 aliphatic carbocycles. The zero-order valence-corrected chi connectivity index (χ0v) is 12.5. The fourth-order valence-corrected chi connectivity index (χ4v) is 2.50. The highest BCUT2D eigenvalue weighted by Gasteiger charge is 2.22. The van der Waals surface area contributed by atoms with Crippen molar-refractivity contribution in [2.24, 2.45) is 5.92 Å². The van der Waals surface area contributed by atoms with Crippen molar-refractivity contribution in [3.63, 3.8) is 0 Å². The molecule has 1 amide bonds. The Kier molecular flexibility index (Phi) is 5.34. The summed E-state index contributed by atoms with van der Waals surface area (Å²) in [6, 6.07) is 11.9. The summed E-state index contributed by atoms with van der Waals surface area (Å²) in [6.45, 7) is 0. The molecule has 0 unspecified atom stereocenters. The first-order valence-corrected chi connectivity index (χ1v) is 7.30. The molecule has 1 aromatic carbocycles. The van der Waals surface area contributed by atoms with Crippen LogP contribution in [-0.4, -0.2) is 5.91 Å². The van der Waals surface area contributed by atoms with Gasteiger partial charge in [-0.15, -0.1) is 0 Å². The summed E-state index contributed by atoms with van der Waals surface area (Å²) in [5, 5.41) is 32.2. The summed E-state index contributed by atoms with van der Waals surface area (Å²) in [5.41, 5.74) is 0.864. The van der Waals surface area contributed by atoms with Gasteiger partial charge in [0.25, 0.3) is 0 Å². The van der Waals surface area contributed by atoms with Crippen molar-refractivity contribution in [3.05, 3.63) is 35.5 Å². The van der Waals surface area contributed by atoms with Crippen LogP contribution in [0, 0.1) is 39.9 Å². The van der Waals surface area contributed by atoms with Crippen LogP contribution in [-0.2, 0) is 4.79 Å². The Balaban J connectivity index is 2.04. The number of hydrogen-bond acceptors (Lipinski definition) is 5. The lowest BCUT2D eigenvalue weighted by Gasteiger charge is -2.11. The molecule has 0 bridgehead atoms. The Morgan fingerprint density at radius 1 is 0.913 bits per heavy atom. The summed E-state index contributed by atoms with van der Waals surface area (Å²) in [7, 11) is 0. The van der Waals surface area contributed by atoms with Gasteiger partial charge in [0.15, 0.2) is 5.57 Å². The topological polar surface area (TPSA) is 112 Å². The Labute approximate surface area is 134 Å². The average molecular weight is 305 g/mol. The van der Waals surface area contributed by atoms with Crippen LogP contribution in [0.5, 0.6) is 0 Å². The molecule has 0 aromatic heterocycles. The molecular weight excluding hydrogens is 290 g/mol. The third-order valence-electron chi connectivity index (χ3n) is 3.73. The van der Waals surface area contributed by atoms with Crippen LogP contribution in [0.2, 0.25) is 0 Å². The Hall–Kier alpha value is -3.30. The molecule has 2 rings (SSSR count). The fraction of sp³-hybridized carbons (Fsp3) is 0.294. The monoisotopic (exact) mass is 305 g/mol. The summed E-state index contributed by atoms with van der Waals surface area (Å²) < 4.78 is 0. The summed E-state index contributed by atoms with van der Waals surface area (Å²) in [5.74, 6) is 0.131. The number of carbonyl (C=O) groups is 1. The fourth-order valence-electron chi connectivity index (χ4n) is 2.50. The normalized spacial score (nSPS) is 13.3. The first-order chi connectivity index (χ1) is 11.2. The number of hydrogen-bond donors (Lipinski definition) is 2. The lowest BCUT2D eigenvalue weighted by molar-refractivity contribution is -0.119. The van der Waals surface area contributed by atoms with Crippen molar-refractivity contribution in [1.29, 1.82) is 15.8 Å². The number of benzene rings is 1. The second kappa shape index (κ2) is 7.64. The van der Waals surface area contributed by atoms with E-state index in [-0.39, 0.29) is 23.1 Å². The molecule has 1 aliphatic rings. The minimum atomic E-state index is -0.272. The molecule has 6 heteroatoms. The van der Waals surface area contributed by atoms with E-state index < -0.39 is 0 Å². The zero-order valence-electron chi connectivity index (χ0n) is 12.5. The van der Waals surface area contributed by atoms with Crippen molar-refractivity contribution in [3.8, 4) is 18.2 Å². The predicted molar refractivity (Wildman–Crippen MR) is 84.5 cm³/mol. The zero-order chi connectivity index (χ0) is 16.7. The molecule has 1 aromatic rings. The average Bonchev–Trinajstić information content (AvgIpc) is 3.11. The molecule has 0 aliphatic heterocycles. The molecule has 6 nitrogen and oxygen atoms in total. The van der Waals surface area contributed by atoms with Crippen LogP contribution in [0.25, 0.3) is 0 Å². The molecular formula is C17H15N5O. The number of nitriles is 3. The van der Waals surface area contributed by atoms with E-state index in [2.05, 4.69) is 10.6 Å². The highest BCUT2D eigenvalue weighted by molar-refractivity contribution is 5.92. The first-order valence-electron chi connectivity index (χ1n) is 7.30. The van der Waals surface area contributed by atoms with E-state index in [0.717, 1.165) is 25.7 Å². The van der Waals surface area contributed by atoms with Gasteiger partial charge in [-0.05, 0) is 37.1 Å². The van der Waals surface area contributed by atoms with Gasteiger partial charge in [0.2, 0.25) is 5.91 Å². The van der Waals surface area contributed by atoms with Crippen molar-refractivity contribution < 1.29 is 4.79 Å². The van der Waals surface area contributed by atoms with Crippen molar-refractivity contribution >= 4 is 17.3 Å². The van der Waals surface area contributed by atoms with E-state index >= 15 is 0 Å². The Bertz CT molecular complexity index is 721. The van der Waals surface area contributed by atoms with Crippen LogP contribution in [0.1, 0.15) is 25.7 Å². The molecule has 114 valence electrons. The van der Waals surface area contributed by atoms with E-state index in [1.165, 1.54) is 0 Å². The largest absolute Gasteiger partial charge is 0.345 e. The van der Waals surface area contributed by atoms with Gasteiger partial charge >= 0.3 is 0 Å². The van der Waals surface area contributed by atoms with Crippen LogP contribution in [0.4, 0.5) is 11.4 Å². The van der Waals surface area contributed by atoms with Crippen LogP contribution >= 0.6 is 0 Å². The molecule has 23 heavy (non-hydrogen) atoms. The van der Waals surface area contributed by atoms with Gasteiger partial charge in [0.05, 0.1) is 0 Å². The van der Waals surface area contributed by atoms with Gasteiger partial charge in [-0.2, -0.15) is 15.8 Å². The maximum absolute atomic E-state index is 12.0. The van der Waals surface area contributed by atoms with E-state index in [1.54, 1.807) is 42.5 Å². The standard InChI is InChI=1S/C17H15N5O/c18-9-13(10-19)16(11-20)21-14-5-7-15(8-6-14)22-17(23)12-3-1-2-4-12/h5-8,12,21H,1-4H2,(H,22,23). The van der Waals surface area contributed by atoms with E-state index in [0.29, 0.717) is 11.4 Å². The smallest absolute Gasteiger partial charge is 0.227 e. The van der Waals surface area contributed by atoms with Gasteiger partial charge in [0.1, 0.15) is 23.9 Å². The number of nitrogens with one attached hydrogen (secondary N) is 2. The summed E-state index contributed by atoms with van der Waals surface area (Å²) in [6.07, 6.45) is 4.08. The van der Waals surface area contributed by atoms with Crippen LogP contribution in [0.15, 0.2) is 35.5 Å². The number of rotatable bonds is 4. The van der Waals surface area contributed by atoms with Gasteiger partial charge in [-0.3, -0.25) is 4.79 Å². The number of anilines is 2. The molecule has 0 saturated heterocycles. The predicted octanol–water partition coefficient (Wildman–Crippen LogP) is 3.05. The maximum Gasteiger partial charge on any atom is 0.227 e. The minimum absolute atomic E-state index is 0.0390. The molecule has 2 N–H and O–H groups in total. The van der Waals surface area contributed by atoms with Crippen LogP contribution < -0.4 is 10.6 Å². The van der Waals surface area contributed by atoms with E-state index in [1.807, 2.05) is 0 Å². The van der Waals surface area contributed by atoms with Crippen molar-refractivity contribution in [2.45, 2.75) is 25.7 Å². The highest BCUT2D eigenvalue weighted by atomic mass is 16.1. The summed E-state index contributed by atoms with van der Waals surface area (Å²) in [4.78, 5) is 12.0. The molecule has 0 radical (unpaired) electrons. The van der Waals surface area contributed by atoms with E-state index in [4.69, 9.17) is 15.8 Å². The quantitative estimate of drug-likeness (QED) is 0.830. The number of carbonyl (C=O) groups excluding carboxylic acids is 1. The van der Waals surface area contributed by atoms with Crippen molar-refractivity contribution in [1.82, 2.24) is 0 Å². The Morgan fingerprint density at radius 3 is 1.91 bits per heavy atom. The third-order valence-corrected chi connectivity index (χ3v) is 3.73. The highest BCUT2D eigenvalue weighted by Crippen LogP contribution is 2.26. The van der Waals surface area contributed by atoms with Gasteiger partial charge in [0, 0.05) is 17.3 Å². The number of amides is 1. The van der Waals surface area contributed by atoms with Gasteiger partial charge in [-0.25, -0.2) is 0 Å². The van der Waals surface area contributed by atoms with E-state index in [9.17, 15) is 4.79 Å². The second-order valence-corrected chi connectivity index (χ2v) is 5.26. The van der Waals surface area contributed by atoms with Crippen LogP contribution in [0.3, 0.4) is 0 Å². The SMILES string of the molecule is N#CC(C#N)=C(C#N)Nc1ccc(NC(=O)C2CCCC2)cc1. The van der Waals surface area contributed by atoms with Gasteiger partial charge in [-0.1, -0.05) is 12.8 Å². The maximum atomic E-state index is 12.0. The summed E-state index contributed by atoms with van der Waals surface area (Å²) >= 11 is 0. The second-order valence-electron chi connectivity index (χ2n) is 5.26. The minimum Gasteiger partial charge on any atom is -0.345 e. The molecule has 0 atom stereocenters. The third kappa shape index (κ3) is 4.09. The number of nitrogens with zero attached hydrogens (tertiary/aromatic N) is 3. The molecule has 1 saturated carbocycles. The first kappa shape index (κ1) is 16.1. The van der Waals surface area contributed by atoms with Crippen molar-refractivity contribution in [2.75, 3.05) is 10.6 Å². The van der Waals surface area contributed by atoms with Gasteiger partial charge < -0.3 is 10.6 Å². The molecule has 0 spiro atoms. The Morgan fingerprint density at radius 2 is 1.43 bits per heavy atom.